The third-order valence-corrected chi connectivity index (χ3v) is 3.10. The van der Waals surface area contributed by atoms with E-state index in [1.165, 1.54) is 6.92 Å². The number of hydrogen-bond donors (Lipinski definition) is 1. The summed E-state index contributed by atoms with van der Waals surface area (Å²) in [4.78, 5) is 15.7. The molecule has 0 saturated carbocycles. The highest BCUT2D eigenvalue weighted by Crippen LogP contribution is 2.25. The van der Waals surface area contributed by atoms with E-state index < -0.39 is 0 Å². The van der Waals surface area contributed by atoms with E-state index in [2.05, 4.69) is 10.3 Å². The van der Waals surface area contributed by atoms with Gasteiger partial charge in [-0.2, -0.15) is 4.98 Å². The summed E-state index contributed by atoms with van der Waals surface area (Å²) in [5, 5.41) is 2.87. The van der Waals surface area contributed by atoms with Crippen LogP contribution in [0.15, 0.2) is 18.2 Å². The standard InChI is InChI=1S/C15H21N3O3/c1-5-21-15-17-13-7-6-12(20-4)8-14(13)18(15)9-10(2)16-11(3)19/h6-8,10H,5,9H2,1-4H3,(H,16,19). The van der Waals surface area contributed by atoms with Crippen LogP contribution in [0.4, 0.5) is 0 Å². The molecule has 2 aromatic rings. The van der Waals surface area contributed by atoms with E-state index in [-0.39, 0.29) is 11.9 Å². The van der Waals surface area contributed by atoms with Crippen LogP contribution >= 0.6 is 0 Å². The quantitative estimate of drug-likeness (QED) is 0.883. The average Bonchev–Trinajstić information content (AvgIpc) is 2.75. The van der Waals surface area contributed by atoms with Crippen molar-refractivity contribution in [2.45, 2.75) is 33.4 Å². The molecule has 0 aliphatic rings. The van der Waals surface area contributed by atoms with Gasteiger partial charge in [-0.1, -0.05) is 0 Å². The molecule has 114 valence electrons. The molecule has 2 rings (SSSR count). The van der Waals surface area contributed by atoms with Crippen LogP contribution in [0.2, 0.25) is 0 Å². The summed E-state index contributed by atoms with van der Waals surface area (Å²) >= 11 is 0. The summed E-state index contributed by atoms with van der Waals surface area (Å²) in [6, 6.07) is 6.22. The van der Waals surface area contributed by atoms with Crippen LogP contribution in [0, 0.1) is 0 Å². The average molecular weight is 291 g/mol. The minimum atomic E-state index is -0.0533. The molecule has 0 aliphatic heterocycles. The molecular weight excluding hydrogens is 270 g/mol. The molecule has 1 amide bonds. The second-order valence-electron chi connectivity index (χ2n) is 4.89. The zero-order valence-electron chi connectivity index (χ0n) is 12.8. The number of fused-ring (bicyclic) bond motifs is 1. The van der Waals surface area contributed by atoms with Gasteiger partial charge in [-0.15, -0.1) is 0 Å². The molecule has 6 heteroatoms. The second kappa shape index (κ2) is 6.47. The lowest BCUT2D eigenvalue weighted by molar-refractivity contribution is -0.119. The van der Waals surface area contributed by atoms with Crippen LogP contribution in [0.3, 0.4) is 0 Å². The zero-order valence-corrected chi connectivity index (χ0v) is 12.8. The Kier molecular flexibility index (Phi) is 4.67. The largest absolute Gasteiger partial charge is 0.497 e. The number of methoxy groups -OCH3 is 1. The molecule has 1 atom stereocenters. The van der Waals surface area contributed by atoms with Crippen LogP contribution in [0.25, 0.3) is 11.0 Å². The molecule has 0 fully saturated rings. The molecule has 0 spiro atoms. The monoisotopic (exact) mass is 291 g/mol. The van der Waals surface area contributed by atoms with Crippen molar-refractivity contribution in [3.8, 4) is 11.8 Å². The van der Waals surface area contributed by atoms with Crippen molar-refractivity contribution < 1.29 is 14.3 Å². The van der Waals surface area contributed by atoms with Gasteiger partial charge in [-0.05, 0) is 26.0 Å². The summed E-state index contributed by atoms with van der Waals surface area (Å²) in [7, 11) is 1.63. The predicted molar refractivity (Wildman–Crippen MR) is 80.7 cm³/mol. The first-order chi connectivity index (χ1) is 10.0. The highest BCUT2D eigenvalue weighted by Gasteiger charge is 2.15. The molecule has 1 aromatic heterocycles. The van der Waals surface area contributed by atoms with E-state index in [1.807, 2.05) is 36.6 Å². The Bertz CT molecular complexity index is 636. The van der Waals surface area contributed by atoms with Gasteiger partial charge < -0.3 is 14.8 Å². The third-order valence-electron chi connectivity index (χ3n) is 3.10. The maximum atomic E-state index is 11.2. The van der Waals surface area contributed by atoms with Crippen molar-refractivity contribution in [3.63, 3.8) is 0 Å². The van der Waals surface area contributed by atoms with Crippen LogP contribution in [-0.4, -0.2) is 35.2 Å². The van der Waals surface area contributed by atoms with E-state index >= 15 is 0 Å². The molecule has 0 saturated heterocycles. The van der Waals surface area contributed by atoms with Gasteiger partial charge in [0.25, 0.3) is 6.01 Å². The molecule has 21 heavy (non-hydrogen) atoms. The molecule has 0 aliphatic carbocycles. The van der Waals surface area contributed by atoms with Gasteiger partial charge in [-0.3, -0.25) is 9.36 Å². The van der Waals surface area contributed by atoms with Gasteiger partial charge in [0.2, 0.25) is 5.91 Å². The number of carbonyl (C=O) groups excluding carboxylic acids is 1. The highest BCUT2D eigenvalue weighted by atomic mass is 16.5. The van der Waals surface area contributed by atoms with Crippen LogP contribution in [0.1, 0.15) is 20.8 Å². The van der Waals surface area contributed by atoms with Crippen LogP contribution < -0.4 is 14.8 Å². The third kappa shape index (κ3) is 3.45. The van der Waals surface area contributed by atoms with Crippen molar-refractivity contribution >= 4 is 16.9 Å². The fourth-order valence-electron chi connectivity index (χ4n) is 2.29. The molecule has 1 aromatic carbocycles. The number of rotatable bonds is 6. The number of amides is 1. The lowest BCUT2D eigenvalue weighted by Gasteiger charge is -2.16. The number of nitrogens with one attached hydrogen (secondary N) is 1. The van der Waals surface area contributed by atoms with Crippen LogP contribution in [0.5, 0.6) is 11.8 Å². The molecule has 6 nitrogen and oxygen atoms in total. The molecular formula is C15H21N3O3. The second-order valence-corrected chi connectivity index (χ2v) is 4.89. The number of nitrogens with zero attached hydrogens (tertiary/aromatic N) is 2. The Morgan fingerprint density at radius 3 is 2.86 bits per heavy atom. The van der Waals surface area contributed by atoms with Crippen LogP contribution in [-0.2, 0) is 11.3 Å². The number of imidazole rings is 1. The first-order valence-corrected chi connectivity index (χ1v) is 6.99. The lowest BCUT2D eigenvalue weighted by atomic mass is 10.2. The number of aromatic nitrogens is 2. The fraction of sp³-hybridized carbons (Fsp3) is 0.467. The van der Waals surface area contributed by atoms with Gasteiger partial charge in [0.1, 0.15) is 5.75 Å². The summed E-state index contributed by atoms with van der Waals surface area (Å²) < 4.78 is 12.8. The molecule has 1 heterocycles. The number of benzene rings is 1. The van der Waals surface area contributed by atoms with E-state index in [1.54, 1.807) is 7.11 Å². The SMILES string of the molecule is CCOc1nc2ccc(OC)cc2n1CC(C)NC(C)=O. The Morgan fingerprint density at radius 1 is 1.48 bits per heavy atom. The Morgan fingerprint density at radius 2 is 2.24 bits per heavy atom. The van der Waals surface area contributed by atoms with E-state index in [4.69, 9.17) is 9.47 Å². The minimum absolute atomic E-state index is 0.0229. The predicted octanol–water partition coefficient (Wildman–Crippen LogP) is 1.97. The summed E-state index contributed by atoms with van der Waals surface area (Å²) in [6.45, 7) is 6.49. The summed E-state index contributed by atoms with van der Waals surface area (Å²) in [5.74, 6) is 0.710. The Labute approximate surface area is 124 Å². The fourth-order valence-corrected chi connectivity index (χ4v) is 2.29. The van der Waals surface area contributed by atoms with Crippen molar-refractivity contribution in [2.24, 2.45) is 0 Å². The molecule has 0 bridgehead atoms. The smallest absolute Gasteiger partial charge is 0.297 e. The van der Waals surface area contributed by atoms with Gasteiger partial charge in [0, 0.05) is 25.6 Å². The first-order valence-electron chi connectivity index (χ1n) is 6.99. The first kappa shape index (κ1) is 15.2. The van der Waals surface area contributed by atoms with Gasteiger partial charge >= 0.3 is 0 Å². The van der Waals surface area contributed by atoms with Crippen molar-refractivity contribution in [1.29, 1.82) is 0 Å². The highest BCUT2D eigenvalue weighted by molar-refractivity contribution is 5.78. The van der Waals surface area contributed by atoms with Gasteiger partial charge in [0.05, 0.1) is 24.8 Å². The number of hydrogen-bond acceptors (Lipinski definition) is 4. The summed E-state index contributed by atoms with van der Waals surface area (Å²) in [5.41, 5.74) is 1.77. The maximum Gasteiger partial charge on any atom is 0.297 e. The Balaban J connectivity index is 2.41. The number of carbonyl (C=O) groups is 1. The van der Waals surface area contributed by atoms with E-state index in [9.17, 15) is 4.79 Å². The Hall–Kier alpha value is -2.24. The van der Waals surface area contributed by atoms with Crippen molar-refractivity contribution in [1.82, 2.24) is 14.9 Å². The van der Waals surface area contributed by atoms with Gasteiger partial charge in [-0.25, -0.2) is 0 Å². The zero-order chi connectivity index (χ0) is 15.4. The molecule has 0 radical (unpaired) electrons. The lowest BCUT2D eigenvalue weighted by Crippen LogP contribution is -2.34. The molecule has 1 N–H and O–H groups in total. The normalized spacial score (nSPS) is 12.2. The van der Waals surface area contributed by atoms with E-state index in [0.29, 0.717) is 19.2 Å². The molecule has 1 unspecified atom stereocenters. The minimum Gasteiger partial charge on any atom is -0.497 e. The summed E-state index contributed by atoms with van der Waals surface area (Å²) in [6.07, 6.45) is 0. The topological polar surface area (TPSA) is 65.4 Å². The van der Waals surface area contributed by atoms with Crippen molar-refractivity contribution in [3.05, 3.63) is 18.2 Å². The maximum absolute atomic E-state index is 11.2. The number of ether oxygens (including phenoxy) is 2. The van der Waals surface area contributed by atoms with Crippen molar-refractivity contribution in [2.75, 3.05) is 13.7 Å². The van der Waals surface area contributed by atoms with Gasteiger partial charge in [0.15, 0.2) is 0 Å². The van der Waals surface area contributed by atoms with E-state index in [0.717, 1.165) is 16.8 Å².